The molecule has 0 N–H and O–H groups in total. The van der Waals surface area contributed by atoms with Crippen molar-refractivity contribution in [2.24, 2.45) is 0 Å². The van der Waals surface area contributed by atoms with Gasteiger partial charge in [-0.3, -0.25) is 0 Å². The molecular formula is C14H20. The Labute approximate surface area is 88.4 Å². The van der Waals surface area contributed by atoms with Crippen LogP contribution in [0.4, 0.5) is 0 Å². The van der Waals surface area contributed by atoms with Crippen molar-refractivity contribution in [3.63, 3.8) is 0 Å². The molecule has 0 saturated carbocycles. The van der Waals surface area contributed by atoms with Gasteiger partial charge in [-0.25, -0.2) is 0 Å². The first kappa shape index (κ1) is 12.8. The lowest BCUT2D eigenvalue weighted by molar-refractivity contribution is 1.23. The van der Waals surface area contributed by atoms with Crippen LogP contribution in [0.25, 0.3) is 0 Å². The highest BCUT2D eigenvalue weighted by Crippen LogP contribution is 2.13. The Balaban J connectivity index is 0.000000364. The van der Waals surface area contributed by atoms with E-state index in [4.69, 9.17) is 0 Å². The van der Waals surface area contributed by atoms with Crippen LogP contribution in [-0.2, 0) is 0 Å². The number of aryl methyl sites for hydroxylation is 3. The molecule has 76 valence electrons. The van der Waals surface area contributed by atoms with Gasteiger partial charge in [0.05, 0.1) is 0 Å². The van der Waals surface area contributed by atoms with Crippen LogP contribution in [0, 0.1) is 39.5 Å². The van der Waals surface area contributed by atoms with Crippen molar-refractivity contribution < 1.29 is 0 Å². The SMILES string of the molecule is CC#CC.Cc1cc(C)c(C)c(C)c1. The summed E-state index contributed by atoms with van der Waals surface area (Å²) in [7, 11) is 0. The van der Waals surface area contributed by atoms with E-state index in [9.17, 15) is 0 Å². The Morgan fingerprint density at radius 1 is 0.786 bits per heavy atom. The van der Waals surface area contributed by atoms with E-state index in [1.165, 1.54) is 22.3 Å². The third-order valence-corrected chi connectivity index (χ3v) is 2.32. The van der Waals surface area contributed by atoms with Gasteiger partial charge in [-0.1, -0.05) is 17.7 Å². The van der Waals surface area contributed by atoms with Crippen LogP contribution in [-0.4, -0.2) is 0 Å². The molecule has 0 aliphatic heterocycles. The van der Waals surface area contributed by atoms with Crippen LogP contribution >= 0.6 is 0 Å². The standard InChI is InChI=1S/C10H14.C4H6/c1-7-5-8(2)10(4)9(3)6-7;1-3-4-2/h5-6H,1-4H3;1-2H3. The van der Waals surface area contributed by atoms with Crippen molar-refractivity contribution >= 4 is 0 Å². The molecule has 1 aromatic rings. The summed E-state index contributed by atoms with van der Waals surface area (Å²) in [4.78, 5) is 0. The molecule has 0 heterocycles. The monoisotopic (exact) mass is 188 g/mol. The third-order valence-electron chi connectivity index (χ3n) is 2.32. The predicted molar refractivity (Wildman–Crippen MR) is 64.5 cm³/mol. The topological polar surface area (TPSA) is 0 Å². The Kier molecular flexibility index (Phi) is 5.72. The highest BCUT2D eigenvalue weighted by Gasteiger charge is 1.95. The lowest BCUT2D eigenvalue weighted by Gasteiger charge is -2.04. The number of rotatable bonds is 0. The smallest absolute Gasteiger partial charge is 0.00271 e. The third kappa shape index (κ3) is 4.14. The molecule has 0 amide bonds. The van der Waals surface area contributed by atoms with E-state index in [-0.39, 0.29) is 0 Å². The molecule has 1 rings (SSSR count). The number of hydrogen-bond acceptors (Lipinski definition) is 0. The Morgan fingerprint density at radius 2 is 1.14 bits per heavy atom. The fourth-order valence-electron chi connectivity index (χ4n) is 1.25. The van der Waals surface area contributed by atoms with Crippen LogP contribution in [0.5, 0.6) is 0 Å². The second-order valence-corrected chi connectivity index (χ2v) is 3.52. The molecular weight excluding hydrogens is 168 g/mol. The zero-order chi connectivity index (χ0) is 11.1. The van der Waals surface area contributed by atoms with Crippen LogP contribution < -0.4 is 0 Å². The fourth-order valence-corrected chi connectivity index (χ4v) is 1.25. The lowest BCUT2D eigenvalue weighted by Crippen LogP contribution is -1.86. The average Bonchev–Trinajstić information content (AvgIpc) is 2.14. The summed E-state index contributed by atoms with van der Waals surface area (Å²) in [6, 6.07) is 4.45. The molecule has 0 nitrogen and oxygen atoms in total. The molecule has 0 bridgehead atoms. The molecule has 0 atom stereocenters. The molecule has 0 aliphatic carbocycles. The fraction of sp³-hybridized carbons (Fsp3) is 0.429. The minimum atomic E-state index is 1.36. The summed E-state index contributed by atoms with van der Waals surface area (Å²) < 4.78 is 0. The molecule has 0 saturated heterocycles. The van der Waals surface area contributed by atoms with Crippen molar-refractivity contribution in [2.75, 3.05) is 0 Å². The van der Waals surface area contributed by atoms with E-state index in [0.717, 1.165) is 0 Å². The molecule has 14 heavy (non-hydrogen) atoms. The van der Waals surface area contributed by atoms with Gasteiger partial charge in [0.1, 0.15) is 0 Å². The zero-order valence-electron chi connectivity index (χ0n) is 10.2. The van der Waals surface area contributed by atoms with E-state index in [1.807, 2.05) is 13.8 Å². The highest BCUT2D eigenvalue weighted by molar-refractivity contribution is 5.35. The summed E-state index contributed by atoms with van der Waals surface area (Å²) in [5.74, 6) is 5.36. The second kappa shape index (κ2) is 6.27. The van der Waals surface area contributed by atoms with Crippen LogP contribution in [0.1, 0.15) is 36.1 Å². The van der Waals surface area contributed by atoms with Crippen LogP contribution in [0.2, 0.25) is 0 Å². The summed E-state index contributed by atoms with van der Waals surface area (Å²) in [5.41, 5.74) is 5.58. The first-order chi connectivity index (χ1) is 6.52. The van der Waals surface area contributed by atoms with E-state index in [0.29, 0.717) is 0 Å². The molecule has 0 aliphatic rings. The lowest BCUT2D eigenvalue weighted by atomic mass is 10.0. The zero-order valence-corrected chi connectivity index (χ0v) is 10.2. The van der Waals surface area contributed by atoms with E-state index in [2.05, 4.69) is 51.7 Å². The highest BCUT2D eigenvalue weighted by atomic mass is 14.0. The molecule has 0 unspecified atom stereocenters. The summed E-state index contributed by atoms with van der Waals surface area (Å²) >= 11 is 0. The van der Waals surface area contributed by atoms with E-state index in [1.54, 1.807) is 0 Å². The first-order valence-electron chi connectivity index (χ1n) is 4.90. The Bertz CT molecular complexity index is 319. The van der Waals surface area contributed by atoms with Gasteiger partial charge in [-0.05, 0) is 58.2 Å². The maximum absolute atomic E-state index is 2.68. The Morgan fingerprint density at radius 3 is 1.43 bits per heavy atom. The second-order valence-electron chi connectivity index (χ2n) is 3.52. The maximum Gasteiger partial charge on any atom is -0.00271 e. The van der Waals surface area contributed by atoms with Gasteiger partial charge in [0.15, 0.2) is 0 Å². The summed E-state index contributed by atoms with van der Waals surface area (Å²) in [5, 5.41) is 0. The number of hydrogen-bond donors (Lipinski definition) is 0. The minimum absolute atomic E-state index is 1.36. The first-order valence-corrected chi connectivity index (χ1v) is 4.90. The largest absolute Gasteiger partial charge is 0.107 e. The van der Waals surface area contributed by atoms with Crippen LogP contribution in [0.15, 0.2) is 12.1 Å². The Hall–Kier alpha value is -1.22. The van der Waals surface area contributed by atoms with Crippen molar-refractivity contribution in [3.05, 3.63) is 34.4 Å². The molecule has 1 aromatic carbocycles. The molecule has 0 radical (unpaired) electrons. The number of benzene rings is 1. The predicted octanol–water partition coefficient (Wildman–Crippen LogP) is 3.95. The summed E-state index contributed by atoms with van der Waals surface area (Å²) in [6.07, 6.45) is 0. The van der Waals surface area contributed by atoms with Crippen LogP contribution in [0.3, 0.4) is 0 Å². The average molecular weight is 188 g/mol. The van der Waals surface area contributed by atoms with E-state index < -0.39 is 0 Å². The van der Waals surface area contributed by atoms with Crippen molar-refractivity contribution in [2.45, 2.75) is 41.5 Å². The van der Waals surface area contributed by atoms with Gasteiger partial charge in [0, 0.05) is 0 Å². The molecule has 0 spiro atoms. The minimum Gasteiger partial charge on any atom is -0.107 e. The van der Waals surface area contributed by atoms with Gasteiger partial charge < -0.3 is 0 Å². The van der Waals surface area contributed by atoms with Gasteiger partial charge in [0.2, 0.25) is 0 Å². The van der Waals surface area contributed by atoms with Gasteiger partial charge in [-0.2, -0.15) is 0 Å². The normalized spacial score (nSPS) is 8.14. The van der Waals surface area contributed by atoms with Gasteiger partial charge >= 0.3 is 0 Å². The molecule has 0 aromatic heterocycles. The quantitative estimate of drug-likeness (QED) is 0.541. The van der Waals surface area contributed by atoms with Crippen molar-refractivity contribution in [3.8, 4) is 11.8 Å². The molecule has 0 fully saturated rings. The van der Waals surface area contributed by atoms with Crippen molar-refractivity contribution in [1.82, 2.24) is 0 Å². The maximum atomic E-state index is 2.68. The van der Waals surface area contributed by atoms with Crippen molar-refractivity contribution in [1.29, 1.82) is 0 Å². The van der Waals surface area contributed by atoms with Gasteiger partial charge in [0.25, 0.3) is 0 Å². The summed E-state index contributed by atoms with van der Waals surface area (Å²) in [6.45, 7) is 12.3. The van der Waals surface area contributed by atoms with E-state index >= 15 is 0 Å². The van der Waals surface area contributed by atoms with Gasteiger partial charge in [-0.15, -0.1) is 11.8 Å². The molecule has 0 heteroatoms.